The molecule has 0 unspecified atom stereocenters. The molecule has 118 valence electrons. The molecule has 0 spiro atoms. The van der Waals surface area contributed by atoms with Gasteiger partial charge in [-0.2, -0.15) is 0 Å². The second-order valence-corrected chi connectivity index (χ2v) is 5.84. The van der Waals surface area contributed by atoms with Crippen molar-refractivity contribution >= 4 is 16.8 Å². The number of para-hydroxylation sites is 1. The molecule has 1 amide bonds. The summed E-state index contributed by atoms with van der Waals surface area (Å²) < 4.78 is 0. The Balaban J connectivity index is 1.57. The van der Waals surface area contributed by atoms with Crippen molar-refractivity contribution < 1.29 is 9.90 Å². The van der Waals surface area contributed by atoms with Crippen molar-refractivity contribution in [2.24, 2.45) is 0 Å². The van der Waals surface area contributed by atoms with Gasteiger partial charge in [-0.1, -0.05) is 18.2 Å². The molecular formula is C17H23N3O2. The number of carbonyl (C=O) groups excluding carboxylic acids is 1. The monoisotopic (exact) mass is 301 g/mol. The van der Waals surface area contributed by atoms with Crippen LogP contribution in [0.2, 0.25) is 0 Å². The summed E-state index contributed by atoms with van der Waals surface area (Å²) in [5.41, 5.74) is 2.16. The summed E-state index contributed by atoms with van der Waals surface area (Å²) in [6.45, 7) is 4.53. The molecule has 1 aliphatic heterocycles. The van der Waals surface area contributed by atoms with Gasteiger partial charge in [0.1, 0.15) is 0 Å². The van der Waals surface area contributed by atoms with E-state index >= 15 is 0 Å². The summed E-state index contributed by atoms with van der Waals surface area (Å²) in [5.74, 6) is 0.201. The minimum Gasteiger partial charge on any atom is -0.396 e. The Morgan fingerprint density at radius 2 is 1.95 bits per heavy atom. The van der Waals surface area contributed by atoms with Gasteiger partial charge in [0, 0.05) is 56.4 Å². The highest BCUT2D eigenvalue weighted by molar-refractivity contribution is 5.88. The molecule has 1 saturated heterocycles. The maximum Gasteiger partial charge on any atom is 0.227 e. The average Bonchev–Trinajstić information content (AvgIpc) is 2.96. The number of piperazine rings is 1. The van der Waals surface area contributed by atoms with E-state index in [1.165, 1.54) is 0 Å². The molecule has 0 atom stereocenters. The molecule has 1 aliphatic rings. The molecule has 0 aliphatic carbocycles. The smallest absolute Gasteiger partial charge is 0.227 e. The highest BCUT2D eigenvalue weighted by atomic mass is 16.3. The second kappa shape index (κ2) is 6.94. The maximum atomic E-state index is 12.5. The molecule has 3 rings (SSSR count). The van der Waals surface area contributed by atoms with E-state index in [0.717, 1.165) is 55.6 Å². The van der Waals surface area contributed by atoms with E-state index in [1.54, 1.807) is 0 Å². The molecule has 2 N–H and O–H groups in total. The van der Waals surface area contributed by atoms with Gasteiger partial charge in [0.25, 0.3) is 0 Å². The van der Waals surface area contributed by atoms with Gasteiger partial charge >= 0.3 is 0 Å². The number of aliphatic hydroxyl groups is 1. The molecule has 1 fully saturated rings. The number of amides is 1. The lowest BCUT2D eigenvalue weighted by Gasteiger charge is -2.34. The number of nitrogens with one attached hydrogen (secondary N) is 1. The molecule has 2 aromatic rings. The van der Waals surface area contributed by atoms with E-state index in [-0.39, 0.29) is 12.5 Å². The van der Waals surface area contributed by atoms with Crippen LogP contribution in [0.1, 0.15) is 12.0 Å². The first-order valence-corrected chi connectivity index (χ1v) is 7.94. The van der Waals surface area contributed by atoms with Crippen molar-refractivity contribution in [3.05, 3.63) is 36.0 Å². The van der Waals surface area contributed by atoms with Crippen LogP contribution in [0.5, 0.6) is 0 Å². The molecule has 1 aromatic carbocycles. The van der Waals surface area contributed by atoms with E-state index in [4.69, 9.17) is 5.11 Å². The number of hydrogen-bond acceptors (Lipinski definition) is 3. The largest absolute Gasteiger partial charge is 0.396 e. The van der Waals surface area contributed by atoms with Crippen LogP contribution in [0.3, 0.4) is 0 Å². The van der Waals surface area contributed by atoms with Crippen LogP contribution in [0.15, 0.2) is 30.5 Å². The van der Waals surface area contributed by atoms with Crippen molar-refractivity contribution in [1.82, 2.24) is 14.8 Å². The first-order chi connectivity index (χ1) is 10.8. The number of benzene rings is 1. The lowest BCUT2D eigenvalue weighted by atomic mass is 10.1. The molecule has 5 nitrogen and oxygen atoms in total. The van der Waals surface area contributed by atoms with E-state index < -0.39 is 0 Å². The fraction of sp³-hybridized carbons (Fsp3) is 0.471. The minimum atomic E-state index is 0.201. The molecular weight excluding hydrogens is 278 g/mol. The number of rotatable bonds is 5. The van der Waals surface area contributed by atoms with Crippen LogP contribution < -0.4 is 0 Å². The highest BCUT2D eigenvalue weighted by Crippen LogP contribution is 2.19. The van der Waals surface area contributed by atoms with Gasteiger partial charge in [-0.15, -0.1) is 0 Å². The lowest BCUT2D eigenvalue weighted by Crippen LogP contribution is -2.49. The molecule has 2 heterocycles. The number of nitrogens with zero attached hydrogens (tertiary/aromatic N) is 2. The number of H-pyrrole nitrogens is 1. The number of fused-ring (bicyclic) bond motifs is 1. The molecule has 22 heavy (non-hydrogen) atoms. The van der Waals surface area contributed by atoms with Crippen molar-refractivity contribution in [3.8, 4) is 0 Å². The Morgan fingerprint density at radius 1 is 1.18 bits per heavy atom. The Kier molecular flexibility index (Phi) is 4.75. The summed E-state index contributed by atoms with van der Waals surface area (Å²) in [6, 6.07) is 8.09. The Morgan fingerprint density at radius 3 is 2.73 bits per heavy atom. The van der Waals surface area contributed by atoms with Gasteiger partial charge in [-0.25, -0.2) is 0 Å². The van der Waals surface area contributed by atoms with Crippen molar-refractivity contribution in [2.45, 2.75) is 12.8 Å². The SMILES string of the molecule is O=C(Cc1c[nH]c2ccccc12)N1CCN(CCCO)CC1. The van der Waals surface area contributed by atoms with Crippen molar-refractivity contribution in [2.75, 3.05) is 39.3 Å². The maximum absolute atomic E-state index is 12.5. The second-order valence-electron chi connectivity index (χ2n) is 5.84. The molecule has 0 saturated carbocycles. The van der Waals surface area contributed by atoms with Gasteiger partial charge in [0.15, 0.2) is 0 Å². The predicted octanol–water partition coefficient (Wildman–Crippen LogP) is 1.24. The number of hydrogen-bond donors (Lipinski definition) is 2. The molecule has 1 aromatic heterocycles. The van der Waals surface area contributed by atoms with Gasteiger partial charge in [0.2, 0.25) is 5.91 Å². The number of aliphatic hydroxyl groups excluding tert-OH is 1. The van der Waals surface area contributed by atoms with Crippen LogP contribution >= 0.6 is 0 Å². The van der Waals surface area contributed by atoms with E-state index in [1.807, 2.05) is 29.3 Å². The fourth-order valence-corrected chi connectivity index (χ4v) is 3.07. The van der Waals surface area contributed by atoms with E-state index in [9.17, 15) is 4.79 Å². The van der Waals surface area contributed by atoms with Crippen LogP contribution in [0, 0.1) is 0 Å². The zero-order valence-corrected chi connectivity index (χ0v) is 12.8. The Labute approximate surface area is 130 Å². The first kappa shape index (κ1) is 15.1. The predicted molar refractivity (Wildman–Crippen MR) is 86.7 cm³/mol. The van der Waals surface area contributed by atoms with Crippen LogP contribution in [0.25, 0.3) is 10.9 Å². The zero-order valence-electron chi connectivity index (χ0n) is 12.8. The number of aromatic amines is 1. The van der Waals surface area contributed by atoms with Crippen LogP contribution in [-0.4, -0.2) is 65.1 Å². The van der Waals surface area contributed by atoms with Crippen molar-refractivity contribution in [3.63, 3.8) is 0 Å². The normalized spacial score (nSPS) is 16.3. The van der Waals surface area contributed by atoms with Crippen LogP contribution in [-0.2, 0) is 11.2 Å². The third-order valence-corrected chi connectivity index (χ3v) is 4.37. The molecule has 0 bridgehead atoms. The summed E-state index contributed by atoms with van der Waals surface area (Å²) >= 11 is 0. The first-order valence-electron chi connectivity index (χ1n) is 7.94. The average molecular weight is 301 g/mol. The van der Waals surface area contributed by atoms with E-state index in [0.29, 0.717) is 6.42 Å². The quantitative estimate of drug-likeness (QED) is 0.873. The molecule has 0 radical (unpaired) electrons. The fourth-order valence-electron chi connectivity index (χ4n) is 3.07. The number of carbonyl (C=O) groups is 1. The lowest BCUT2D eigenvalue weighted by molar-refractivity contribution is -0.132. The summed E-state index contributed by atoms with van der Waals surface area (Å²) in [7, 11) is 0. The zero-order chi connectivity index (χ0) is 15.4. The summed E-state index contributed by atoms with van der Waals surface area (Å²) in [5, 5.41) is 10.0. The third-order valence-electron chi connectivity index (χ3n) is 4.37. The summed E-state index contributed by atoms with van der Waals surface area (Å²) in [6.07, 6.45) is 3.21. The van der Waals surface area contributed by atoms with Crippen molar-refractivity contribution in [1.29, 1.82) is 0 Å². The van der Waals surface area contributed by atoms with Crippen LogP contribution in [0.4, 0.5) is 0 Å². The van der Waals surface area contributed by atoms with Gasteiger partial charge in [0.05, 0.1) is 6.42 Å². The van der Waals surface area contributed by atoms with Gasteiger partial charge < -0.3 is 15.0 Å². The Bertz CT molecular complexity index is 630. The van der Waals surface area contributed by atoms with Gasteiger partial charge in [-0.05, 0) is 18.1 Å². The third kappa shape index (κ3) is 3.31. The Hall–Kier alpha value is -1.85. The minimum absolute atomic E-state index is 0.201. The number of aromatic nitrogens is 1. The molecule has 5 heteroatoms. The summed E-state index contributed by atoms with van der Waals surface area (Å²) in [4.78, 5) is 20.0. The topological polar surface area (TPSA) is 59.6 Å². The van der Waals surface area contributed by atoms with E-state index in [2.05, 4.69) is 16.0 Å². The van der Waals surface area contributed by atoms with Gasteiger partial charge in [-0.3, -0.25) is 9.69 Å². The standard InChI is InChI=1S/C17H23N3O2/c21-11-3-6-19-7-9-20(10-8-19)17(22)12-14-13-18-16-5-2-1-4-15(14)16/h1-2,4-5,13,18,21H,3,6-12H2. The highest BCUT2D eigenvalue weighted by Gasteiger charge is 2.21.